The number of benzene rings is 1. The topological polar surface area (TPSA) is 67.2 Å². The summed E-state index contributed by atoms with van der Waals surface area (Å²) in [5.74, 6) is -0.794. The van der Waals surface area contributed by atoms with E-state index >= 15 is 0 Å². The SMILES string of the molecule is Cl.O=[N+]([O-])c1cc([C@@H]2CNCCN2)ccc1F. The van der Waals surface area contributed by atoms with Crippen LogP contribution in [0.25, 0.3) is 0 Å². The summed E-state index contributed by atoms with van der Waals surface area (Å²) in [5, 5.41) is 17.0. The van der Waals surface area contributed by atoms with Gasteiger partial charge in [-0.05, 0) is 11.6 Å². The lowest BCUT2D eigenvalue weighted by molar-refractivity contribution is -0.387. The Morgan fingerprint density at radius 2 is 2.18 bits per heavy atom. The lowest BCUT2D eigenvalue weighted by Gasteiger charge is -2.24. The van der Waals surface area contributed by atoms with E-state index in [1.165, 1.54) is 6.07 Å². The van der Waals surface area contributed by atoms with E-state index in [1.54, 1.807) is 6.07 Å². The second kappa shape index (κ2) is 5.90. The molecule has 0 aromatic heterocycles. The number of rotatable bonds is 2. The van der Waals surface area contributed by atoms with E-state index in [0.717, 1.165) is 24.7 Å². The van der Waals surface area contributed by atoms with Gasteiger partial charge in [0.25, 0.3) is 0 Å². The van der Waals surface area contributed by atoms with Gasteiger partial charge in [0.15, 0.2) is 0 Å². The fourth-order valence-electron chi connectivity index (χ4n) is 1.78. The van der Waals surface area contributed by atoms with Crippen molar-refractivity contribution in [2.45, 2.75) is 6.04 Å². The molecule has 2 N–H and O–H groups in total. The van der Waals surface area contributed by atoms with Crippen molar-refractivity contribution < 1.29 is 9.31 Å². The molecule has 1 aliphatic rings. The molecule has 1 aromatic rings. The third-order valence-electron chi connectivity index (χ3n) is 2.61. The van der Waals surface area contributed by atoms with Crippen LogP contribution in [0.4, 0.5) is 10.1 Å². The summed E-state index contributed by atoms with van der Waals surface area (Å²) in [5.41, 5.74) is 0.269. The zero-order chi connectivity index (χ0) is 11.5. The zero-order valence-electron chi connectivity index (χ0n) is 8.98. The van der Waals surface area contributed by atoms with Crippen LogP contribution in [-0.4, -0.2) is 24.6 Å². The van der Waals surface area contributed by atoms with Gasteiger partial charge in [-0.25, -0.2) is 0 Å². The molecule has 1 saturated heterocycles. The molecule has 1 heterocycles. The van der Waals surface area contributed by atoms with Crippen LogP contribution in [0.5, 0.6) is 0 Å². The standard InChI is InChI=1S/C10H12FN3O2.ClH/c11-8-2-1-7(5-10(8)14(15)16)9-6-12-3-4-13-9;/h1-2,5,9,12-13H,3-4,6H2;1H/t9-;/m0./s1. The number of nitro groups is 1. The maximum atomic E-state index is 13.1. The van der Waals surface area contributed by atoms with Gasteiger partial charge in [0, 0.05) is 31.7 Å². The van der Waals surface area contributed by atoms with Gasteiger partial charge < -0.3 is 10.6 Å². The van der Waals surface area contributed by atoms with Crippen molar-refractivity contribution in [2.24, 2.45) is 0 Å². The average molecular weight is 262 g/mol. The van der Waals surface area contributed by atoms with Crippen LogP contribution in [-0.2, 0) is 0 Å². The molecule has 17 heavy (non-hydrogen) atoms. The molecule has 7 heteroatoms. The van der Waals surface area contributed by atoms with Gasteiger partial charge in [0.05, 0.1) is 4.92 Å². The number of piperazine rings is 1. The zero-order valence-corrected chi connectivity index (χ0v) is 9.80. The van der Waals surface area contributed by atoms with Crippen molar-refractivity contribution >= 4 is 18.1 Å². The summed E-state index contributed by atoms with van der Waals surface area (Å²) < 4.78 is 13.1. The second-order valence-electron chi connectivity index (χ2n) is 3.68. The molecular weight excluding hydrogens is 249 g/mol. The Bertz CT molecular complexity index is 411. The minimum Gasteiger partial charge on any atom is -0.314 e. The van der Waals surface area contributed by atoms with Crippen molar-refractivity contribution in [1.82, 2.24) is 10.6 Å². The van der Waals surface area contributed by atoms with E-state index in [0.29, 0.717) is 6.54 Å². The molecule has 0 aliphatic carbocycles. The Labute approximate surface area is 104 Å². The van der Waals surface area contributed by atoms with Crippen molar-refractivity contribution in [1.29, 1.82) is 0 Å². The lowest BCUT2D eigenvalue weighted by Crippen LogP contribution is -2.42. The molecular formula is C10H13ClFN3O2. The fraction of sp³-hybridized carbons (Fsp3) is 0.400. The molecule has 2 rings (SSSR count). The van der Waals surface area contributed by atoms with Gasteiger partial charge in [-0.15, -0.1) is 12.4 Å². The Morgan fingerprint density at radius 3 is 2.76 bits per heavy atom. The van der Waals surface area contributed by atoms with Crippen molar-refractivity contribution in [3.63, 3.8) is 0 Å². The molecule has 94 valence electrons. The average Bonchev–Trinajstić information content (AvgIpc) is 2.30. The first-order valence-electron chi connectivity index (χ1n) is 5.06. The van der Waals surface area contributed by atoms with Gasteiger partial charge in [-0.2, -0.15) is 4.39 Å². The predicted octanol–water partition coefficient (Wildman–Crippen LogP) is 1.39. The number of nitrogens with one attached hydrogen (secondary N) is 2. The smallest absolute Gasteiger partial charge is 0.305 e. The van der Waals surface area contributed by atoms with Crippen LogP contribution in [0, 0.1) is 15.9 Å². The van der Waals surface area contributed by atoms with E-state index in [-0.39, 0.29) is 18.4 Å². The van der Waals surface area contributed by atoms with E-state index in [1.807, 2.05) is 0 Å². The predicted molar refractivity (Wildman–Crippen MR) is 63.9 cm³/mol. The highest BCUT2D eigenvalue weighted by Crippen LogP contribution is 2.22. The third kappa shape index (κ3) is 3.12. The summed E-state index contributed by atoms with van der Waals surface area (Å²) in [6.07, 6.45) is 0. The molecule has 0 bridgehead atoms. The minimum absolute atomic E-state index is 0. The number of hydrogen-bond acceptors (Lipinski definition) is 4. The summed E-state index contributed by atoms with van der Waals surface area (Å²) in [4.78, 5) is 9.89. The van der Waals surface area contributed by atoms with E-state index in [2.05, 4.69) is 10.6 Å². The van der Waals surface area contributed by atoms with Crippen LogP contribution in [0.3, 0.4) is 0 Å². The van der Waals surface area contributed by atoms with E-state index in [9.17, 15) is 14.5 Å². The highest BCUT2D eigenvalue weighted by molar-refractivity contribution is 5.85. The summed E-state index contributed by atoms with van der Waals surface area (Å²) >= 11 is 0. The van der Waals surface area contributed by atoms with Gasteiger partial charge in [0.2, 0.25) is 5.82 Å². The van der Waals surface area contributed by atoms with Gasteiger partial charge >= 0.3 is 5.69 Å². The molecule has 0 spiro atoms. The first-order chi connectivity index (χ1) is 7.68. The van der Waals surface area contributed by atoms with Gasteiger partial charge in [-0.3, -0.25) is 10.1 Å². The number of nitro benzene ring substituents is 1. The van der Waals surface area contributed by atoms with E-state index < -0.39 is 16.4 Å². The maximum Gasteiger partial charge on any atom is 0.305 e. The second-order valence-corrected chi connectivity index (χ2v) is 3.68. The van der Waals surface area contributed by atoms with E-state index in [4.69, 9.17) is 0 Å². The maximum absolute atomic E-state index is 13.1. The normalized spacial score (nSPS) is 19.5. The summed E-state index contributed by atoms with van der Waals surface area (Å²) in [6, 6.07) is 4.02. The van der Waals surface area contributed by atoms with Crippen molar-refractivity contribution in [3.05, 3.63) is 39.7 Å². The first kappa shape index (κ1) is 13.8. The molecule has 5 nitrogen and oxygen atoms in total. The van der Waals surface area contributed by atoms with Gasteiger partial charge in [-0.1, -0.05) is 6.07 Å². The van der Waals surface area contributed by atoms with Crippen LogP contribution in [0.2, 0.25) is 0 Å². The molecule has 1 atom stereocenters. The Balaban J connectivity index is 0.00000144. The fourth-order valence-corrected chi connectivity index (χ4v) is 1.78. The molecule has 0 amide bonds. The van der Waals surface area contributed by atoms with Crippen molar-refractivity contribution in [2.75, 3.05) is 19.6 Å². The quantitative estimate of drug-likeness (QED) is 0.624. The number of hydrogen-bond donors (Lipinski definition) is 2. The highest BCUT2D eigenvalue weighted by atomic mass is 35.5. The summed E-state index contributed by atoms with van der Waals surface area (Å²) in [7, 11) is 0. The van der Waals surface area contributed by atoms with Crippen molar-refractivity contribution in [3.8, 4) is 0 Å². The molecule has 0 saturated carbocycles. The Hall–Kier alpha value is -1.24. The molecule has 0 unspecified atom stereocenters. The van der Waals surface area contributed by atoms with Crippen LogP contribution >= 0.6 is 12.4 Å². The van der Waals surface area contributed by atoms with Gasteiger partial charge in [0.1, 0.15) is 0 Å². The molecule has 1 aliphatic heterocycles. The van der Waals surface area contributed by atoms with Crippen LogP contribution < -0.4 is 10.6 Å². The monoisotopic (exact) mass is 261 g/mol. The molecule has 1 fully saturated rings. The summed E-state index contributed by atoms with van der Waals surface area (Å²) in [6.45, 7) is 2.37. The largest absolute Gasteiger partial charge is 0.314 e. The first-order valence-corrected chi connectivity index (χ1v) is 5.06. The third-order valence-corrected chi connectivity index (χ3v) is 2.61. The Kier molecular flexibility index (Phi) is 4.80. The highest BCUT2D eigenvalue weighted by Gasteiger charge is 2.20. The van der Waals surface area contributed by atoms with Crippen LogP contribution in [0.1, 0.15) is 11.6 Å². The molecule has 0 radical (unpaired) electrons. The van der Waals surface area contributed by atoms with Crippen LogP contribution in [0.15, 0.2) is 18.2 Å². The molecule has 1 aromatic carbocycles. The Morgan fingerprint density at radius 1 is 1.41 bits per heavy atom. The lowest BCUT2D eigenvalue weighted by atomic mass is 10.0. The minimum atomic E-state index is -0.794. The number of halogens is 2. The number of nitrogens with zero attached hydrogens (tertiary/aromatic N) is 1.